The number of likely N-dealkylation sites (N-methyl/N-ethyl adjacent to an activating group) is 1. The van der Waals surface area contributed by atoms with Crippen LogP contribution < -0.4 is 0 Å². The van der Waals surface area contributed by atoms with Gasteiger partial charge < -0.3 is 10.0 Å². The summed E-state index contributed by atoms with van der Waals surface area (Å²) in [5, 5.41) is 9.08. The Kier molecular flexibility index (Phi) is 2.73. The Morgan fingerprint density at radius 2 is 2.17 bits per heavy atom. The molecule has 3 nitrogen and oxygen atoms in total. The monoisotopic (exact) mass is 171 g/mol. The van der Waals surface area contributed by atoms with Crippen LogP contribution in [-0.4, -0.2) is 35.6 Å². The molecule has 0 spiro atoms. The van der Waals surface area contributed by atoms with Gasteiger partial charge in [0.25, 0.3) is 0 Å². The molecule has 3 atom stereocenters. The summed E-state index contributed by atoms with van der Waals surface area (Å²) in [5.74, 6) is 0.575. The van der Waals surface area contributed by atoms with Crippen LogP contribution in [0.1, 0.15) is 20.3 Å². The second-order valence-corrected chi connectivity index (χ2v) is 3.56. The number of likely N-dealkylation sites (tertiary alicyclic amines) is 1. The van der Waals surface area contributed by atoms with Crippen molar-refractivity contribution in [2.75, 3.05) is 13.7 Å². The maximum Gasteiger partial charge on any atom is 0.225 e. The number of carbonyl (C=O) groups is 1. The molecule has 1 amide bonds. The van der Waals surface area contributed by atoms with Crippen LogP contribution in [-0.2, 0) is 4.79 Å². The van der Waals surface area contributed by atoms with E-state index in [1.165, 1.54) is 0 Å². The van der Waals surface area contributed by atoms with E-state index in [2.05, 4.69) is 6.92 Å². The fraction of sp³-hybridized carbons (Fsp3) is 0.889. The highest BCUT2D eigenvalue weighted by Gasteiger charge is 2.41. The van der Waals surface area contributed by atoms with E-state index in [-0.39, 0.29) is 24.5 Å². The van der Waals surface area contributed by atoms with Gasteiger partial charge >= 0.3 is 0 Å². The van der Waals surface area contributed by atoms with Gasteiger partial charge in [0.1, 0.15) is 0 Å². The number of aliphatic hydroxyl groups excluding tert-OH is 1. The number of aliphatic hydroxyl groups is 1. The average molecular weight is 171 g/mol. The molecular weight excluding hydrogens is 154 g/mol. The Bertz CT molecular complexity index is 163. The molecule has 12 heavy (non-hydrogen) atoms. The molecule has 1 rings (SSSR count). The van der Waals surface area contributed by atoms with Gasteiger partial charge in [-0.15, -0.1) is 0 Å². The van der Waals surface area contributed by atoms with Crippen LogP contribution >= 0.6 is 0 Å². The van der Waals surface area contributed by atoms with Gasteiger partial charge in [0, 0.05) is 13.0 Å². The zero-order valence-electron chi connectivity index (χ0n) is 7.95. The molecule has 0 bridgehead atoms. The maximum absolute atomic E-state index is 11.5. The van der Waals surface area contributed by atoms with E-state index in [1.54, 1.807) is 11.9 Å². The van der Waals surface area contributed by atoms with Crippen molar-refractivity contribution in [3.05, 3.63) is 0 Å². The van der Waals surface area contributed by atoms with Crippen LogP contribution in [0, 0.1) is 11.8 Å². The Hall–Kier alpha value is -0.570. The van der Waals surface area contributed by atoms with Crippen molar-refractivity contribution in [1.82, 2.24) is 4.90 Å². The summed E-state index contributed by atoms with van der Waals surface area (Å²) in [6, 6.07) is 0.0394. The summed E-state index contributed by atoms with van der Waals surface area (Å²) in [5.41, 5.74) is 0. The molecule has 0 aromatic rings. The third kappa shape index (κ3) is 1.22. The lowest BCUT2D eigenvalue weighted by molar-refractivity contribution is -0.130. The largest absolute Gasteiger partial charge is 0.394 e. The van der Waals surface area contributed by atoms with Crippen molar-refractivity contribution in [2.45, 2.75) is 26.3 Å². The summed E-state index contributed by atoms with van der Waals surface area (Å²) >= 11 is 0. The summed E-state index contributed by atoms with van der Waals surface area (Å²) in [6.45, 7) is 4.10. The van der Waals surface area contributed by atoms with Crippen LogP contribution in [0.4, 0.5) is 0 Å². The van der Waals surface area contributed by atoms with Gasteiger partial charge in [-0.3, -0.25) is 4.79 Å². The van der Waals surface area contributed by atoms with Gasteiger partial charge in [-0.2, -0.15) is 0 Å². The molecule has 0 aromatic carbocycles. The number of nitrogens with zero attached hydrogens (tertiary/aromatic N) is 1. The molecule has 1 heterocycles. The number of hydrogen-bond acceptors (Lipinski definition) is 2. The van der Waals surface area contributed by atoms with E-state index in [4.69, 9.17) is 5.11 Å². The van der Waals surface area contributed by atoms with Crippen LogP contribution in [0.15, 0.2) is 0 Å². The number of carbonyl (C=O) groups excluding carboxylic acids is 1. The molecule has 1 saturated heterocycles. The Balaban J connectivity index is 2.79. The average Bonchev–Trinajstić information content (AvgIpc) is 2.29. The Labute approximate surface area is 73.4 Å². The zero-order chi connectivity index (χ0) is 9.30. The fourth-order valence-corrected chi connectivity index (χ4v) is 2.17. The van der Waals surface area contributed by atoms with Crippen molar-refractivity contribution in [3.8, 4) is 0 Å². The molecule has 0 saturated carbocycles. The molecule has 3 heteroatoms. The van der Waals surface area contributed by atoms with E-state index in [9.17, 15) is 4.79 Å². The third-order valence-corrected chi connectivity index (χ3v) is 3.03. The minimum absolute atomic E-state index is 0.0394. The standard InChI is InChI=1S/C9H17NO2/c1-4-7-6(2)9(12)10(3)8(7)5-11/h6-8,11H,4-5H2,1-3H3. The second-order valence-electron chi connectivity index (χ2n) is 3.56. The molecule has 1 fully saturated rings. The predicted molar refractivity (Wildman–Crippen MR) is 46.6 cm³/mol. The number of rotatable bonds is 2. The first-order valence-corrected chi connectivity index (χ1v) is 4.51. The van der Waals surface area contributed by atoms with Crippen LogP contribution in [0.3, 0.4) is 0 Å². The van der Waals surface area contributed by atoms with Gasteiger partial charge in [-0.25, -0.2) is 0 Å². The molecule has 3 unspecified atom stereocenters. The highest BCUT2D eigenvalue weighted by Crippen LogP contribution is 2.31. The van der Waals surface area contributed by atoms with E-state index in [0.717, 1.165) is 6.42 Å². The van der Waals surface area contributed by atoms with Gasteiger partial charge in [-0.1, -0.05) is 20.3 Å². The quantitative estimate of drug-likeness (QED) is 0.656. The van der Waals surface area contributed by atoms with Crippen molar-refractivity contribution in [3.63, 3.8) is 0 Å². The highest BCUT2D eigenvalue weighted by atomic mass is 16.3. The van der Waals surface area contributed by atoms with Crippen LogP contribution in [0.25, 0.3) is 0 Å². The number of amides is 1. The third-order valence-electron chi connectivity index (χ3n) is 3.03. The van der Waals surface area contributed by atoms with Gasteiger partial charge in [0.2, 0.25) is 5.91 Å². The minimum Gasteiger partial charge on any atom is -0.394 e. The van der Waals surface area contributed by atoms with Gasteiger partial charge in [-0.05, 0) is 5.92 Å². The van der Waals surface area contributed by atoms with E-state index in [1.807, 2.05) is 6.92 Å². The van der Waals surface area contributed by atoms with E-state index < -0.39 is 0 Å². The van der Waals surface area contributed by atoms with E-state index >= 15 is 0 Å². The molecular formula is C9H17NO2. The van der Waals surface area contributed by atoms with Crippen molar-refractivity contribution < 1.29 is 9.90 Å². The minimum atomic E-state index is 0.0394. The lowest BCUT2D eigenvalue weighted by Crippen LogP contribution is -2.34. The predicted octanol–water partition coefficient (Wildman–Crippen LogP) is 0.482. The molecule has 0 aliphatic carbocycles. The lowest BCUT2D eigenvalue weighted by Gasteiger charge is -2.21. The molecule has 0 aromatic heterocycles. The molecule has 70 valence electrons. The van der Waals surface area contributed by atoms with Crippen molar-refractivity contribution >= 4 is 5.91 Å². The molecule has 0 radical (unpaired) electrons. The first-order chi connectivity index (χ1) is 5.63. The molecule has 1 N–H and O–H groups in total. The van der Waals surface area contributed by atoms with Crippen LogP contribution in [0.2, 0.25) is 0 Å². The first kappa shape index (κ1) is 9.52. The Morgan fingerprint density at radius 1 is 1.58 bits per heavy atom. The summed E-state index contributed by atoms with van der Waals surface area (Å²) in [7, 11) is 1.77. The summed E-state index contributed by atoms with van der Waals surface area (Å²) in [6.07, 6.45) is 0.961. The zero-order valence-corrected chi connectivity index (χ0v) is 7.95. The van der Waals surface area contributed by atoms with Crippen molar-refractivity contribution in [2.24, 2.45) is 11.8 Å². The first-order valence-electron chi connectivity index (χ1n) is 4.51. The molecule has 1 aliphatic heterocycles. The Morgan fingerprint density at radius 3 is 2.50 bits per heavy atom. The van der Waals surface area contributed by atoms with Gasteiger partial charge in [0.05, 0.1) is 12.6 Å². The summed E-state index contributed by atoms with van der Waals surface area (Å²) < 4.78 is 0. The van der Waals surface area contributed by atoms with Crippen molar-refractivity contribution in [1.29, 1.82) is 0 Å². The maximum atomic E-state index is 11.5. The summed E-state index contributed by atoms with van der Waals surface area (Å²) in [4.78, 5) is 13.1. The topological polar surface area (TPSA) is 40.5 Å². The van der Waals surface area contributed by atoms with Crippen LogP contribution in [0.5, 0.6) is 0 Å². The smallest absolute Gasteiger partial charge is 0.225 e. The van der Waals surface area contributed by atoms with E-state index in [0.29, 0.717) is 5.92 Å². The van der Waals surface area contributed by atoms with Gasteiger partial charge in [0.15, 0.2) is 0 Å². The fourth-order valence-electron chi connectivity index (χ4n) is 2.17. The molecule has 1 aliphatic rings. The SMILES string of the molecule is CCC1C(C)C(=O)N(C)C1CO. The second kappa shape index (κ2) is 3.44. The lowest BCUT2D eigenvalue weighted by atomic mass is 9.90. The normalized spacial score (nSPS) is 36.2. The highest BCUT2D eigenvalue weighted by molar-refractivity contribution is 5.81. The number of hydrogen-bond donors (Lipinski definition) is 1.